The number of hydrogen-bond acceptors (Lipinski definition) is 5. The molecule has 0 spiro atoms. The summed E-state index contributed by atoms with van der Waals surface area (Å²) in [5, 5.41) is 21.7. The van der Waals surface area contributed by atoms with Gasteiger partial charge >= 0.3 is 0 Å². The van der Waals surface area contributed by atoms with Crippen molar-refractivity contribution in [1.29, 1.82) is 0 Å². The first kappa shape index (κ1) is 19.3. The standard InChI is InChI=1S/C22H21N7OS/c1-14-11-18(15(2)29(14)27-12-24-25-13-27)21-20(19-5-3-4-10-23-19)26-22(31)28(21)16-6-8-17(30)9-7-16/h3-13,20-21,30H,1-2H3,(H,26,31)/t20-,21+/m1/s1. The predicted octanol–water partition coefficient (Wildman–Crippen LogP) is 3.29. The number of rotatable bonds is 4. The van der Waals surface area contributed by atoms with E-state index in [1.54, 1.807) is 31.0 Å². The fraction of sp³-hybridized carbons (Fsp3) is 0.182. The summed E-state index contributed by atoms with van der Waals surface area (Å²) < 4.78 is 3.93. The maximum Gasteiger partial charge on any atom is 0.174 e. The second-order valence-electron chi connectivity index (χ2n) is 7.49. The summed E-state index contributed by atoms with van der Waals surface area (Å²) in [6.45, 7) is 4.13. The van der Waals surface area contributed by atoms with Gasteiger partial charge in [0.2, 0.25) is 0 Å². The predicted molar refractivity (Wildman–Crippen MR) is 121 cm³/mol. The van der Waals surface area contributed by atoms with E-state index in [-0.39, 0.29) is 17.8 Å². The van der Waals surface area contributed by atoms with Gasteiger partial charge in [-0.15, -0.1) is 10.2 Å². The number of benzene rings is 1. The van der Waals surface area contributed by atoms with Crippen LogP contribution in [0.2, 0.25) is 0 Å². The molecule has 0 radical (unpaired) electrons. The monoisotopic (exact) mass is 431 g/mol. The highest BCUT2D eigenvalue weighted by Gasteiger charge is 2.42. The fourth-order valence-electron chi connectivity index (χ4n) is 4.29. The molecule has 0 aliphatic carbocycles. The highest BCUT2D eigenvalue weighted by molar-refractivity contribution is 7.80. The van der Waals surface area contributed by atoms with Gasteiger partial charge < -0.3 is 15.3 Å². The molecule has 1 aromatic carbocycles. The molecule has 2 N–H and O–H groups in total. The molecular weight excluding hydrogens is 410 g/mol. The number of thiocarbonyl (C=S) groups is 1. The number of anilines is 1. The molecule has 156 valence electrons. The molecule has 0 saturated carbocycles. The van der Waals surface area contributed by atoms with Gasteiger partial charge in [-0.2, -0.15) is 0 Å². The SMILES string of the molecule is Cc1cc([C@H]2[C@@H](c3ccccn3)NC(=S)N2c2ccc(O)cc2)c(C)n1-n1cnnc1. The van der Waals surface area contributed by atoms with Crippen LogP contribution in [0.4, 0.5) is 5.69 Å². The Labute approximate surface area is 184 Å². The third-order valence-electron chi connectivity index (χ3n) is 5.62. The van der Waals surface area contributed by atoms with Crippen LogP contribution < -0.4 is 10.2 Å². The molecule has 1 fully saturated rings. The van der Waals surface area contributed by atoms with Crippen molar-refractivity contribution in [2.75, 3.05) is 4.90 Å². The number of aromatic nitrogens is 5. The van der Waals surface area contributed by atoms with Crippen LogP contribution in [0, 0.1) is 13.8 Å². The van der Waals surface area contributed by atoms with Crippen molar-refractivity contribution < 1.29 is 5.11 Å². The van der Waals surface area contributed by atoms with Gasteiger partial charge in [0.15, 0.2) is 5.11 Å². The van der Waals surface area contributed by atoms with Gasteiger partial charge in [0.1, 0.15) is 18.4 Å². The van der Waals surface area contributed by atoms with E-state index in [0.29, 0.717) is 5.11 Å². The van der Waals surface area contributed by atoms with Gasteiger partial charge in [-0.1, -0.05) is 6.07 Å². The molecule has 0 unspecified atom stereocenters. The van der Waals surface area contributed by atoms with Crippen LogP contribution >= 0.6 is 12.2 Å². The summed E-state index contributed by atoms with van der Waals surface area (Å²) in [5.41, 5.74) is 5.02. The first-order chi connectivity index (χ1) is 15.0. The molecule has 2 atom stereocenters. The van der Waals surface area contributed by atoms with Crippen molar-refractivity contribution in [3.05, 3.63) is 90.0 Å². The summed E-state index contributed by atoms with van der Waals surface area (Å²) >= 11 is 5.76. The first-order valence-electron chi connectivity index (χ1n) is 9.88. The minimum absolute atomic E-state index is 0.136. The molecule has 1 aliphatic rings. The van der Waals surface area contributed by atoms with Crippen molar-refractivity contribution in [3.63, 3.8) is 0 Å². The van der Waals surface area contributed by atoms with Crippen LogP contribution in [0.1, 0.15) is 34.7 Å². The van der Waals surface area contributed by atoms with Crippen LogP contribution in [0.3, 0.4) is 0 Å². The number of nitrogens with zero attached hydrogens (tertiary/aromatic N) is 6. The zero-order valence-electron chi connectivity index (χ0n) is 17.0. The topological polar surface area (TPSA) is 84.0 Å². The summed E-state index contributed by atoms with van der Waals surface area (Å²) in [6, 6.07) is 14.9. The molecule has 9 heteroatoms. The Morgan fingerprint density at radius 3 is 2.45 bits per heavy atom. The van der Waals surface area contributed by atoms with Crippen LogP contribution in [0.25, 0.3) is 0 Å². The molecule has 4 heterocycles. The number of hydrogen-bond donors (Lipinski definition) is 2. The Hall–Kier alpha value is -3.72. The van der Waals surface area contributed by atoms with Crippen molar-refractivity contribution in [2.45, 2.75) is 25.9 Å². The lowest BCUT2D eigenvalue weighted by Gasteiger charge is -2.28. The lowest BCUT2D eigenvalue weighted by Crippen LogP contribution is -2.29. The molecular formula is C22H21N7OS. The Morgan fingerprint density at radius 2 is 1.77 bits per heavy atom. The van der Waals surface area contributed by atoms with E-state index < -0.39 is 0 Å². The third kappa shape index (κ3) is 3.23. The smallest absolute Gasteiger partial charge is 0.174 e. The van der Waals surface area contributed by atoms with Crippen molar-refractivity contribution >= 4 is 23.0 Å². The van der Waals surface area contributed by atoms with E-state index in [2.05, 4.69) is 50.0 Å². The second kappa shape index (κ2) is 7.51. The van der Waals surface area contributed by atoms with Crippen LogP contribution in [0.5, 0.6) is 5.75 Å². The third-order valence-corrected chi connectivity index (χ3v) is 5.93. The molecule has 0 amide bonds. The number of pyridine rings is 1. The van der Waals surface area contributed by atoms with Gasteiger partial charge in [0, 0.05) is 28.8 Å². The molecule has 1 saturated heterocycles. The van der Waals surface area contributed by atoms with Crippen molar-refractivity contribution in [2.24, 2.45) is 0 Å². The summed E-state index contributed by atoms with van der Waals surface area (Å²) in [5.74, 6) is 0.213. The number of phenols is 1. The molecule has 31 heavy (non-hydrogen) atoms. The Bertz CT molecular complexity index is 1220. The van der Waals surface area contributed by atoms with Gasteiger partial charge in [-0.3, -0.25) is 9.66 Å². The maximum atomic E-state index is 9.77. The van der Waals surface area contributed by atoms with E-state index in [1.165, 1.54) is 0 Å². The molecule has 4 aromatic rings. The zero-order valence-corrected chi connectivity index (χ0v) is 17.9. The quantitative estimate of drug-likeness (QED) is 0.480. The van der Waals surface area contributed by atoms with Gasteiger partial charge in [0.25, 0.3) is 0 Å². The van der Waals surface area contributed by atoms with Crippen LogP contribution in [-0.4, -0.2) is 34.8 Å². The summed E-state index contributed by atoms with van der Waals surface area (Å²) in [6.07, 6.45) is 5.14. The zero-order chi connectivity index (χ0) is 21.5. The van der Waals surface area contributed by atoms with Crippen LogP contribution in [-0.2, 0) is 0 Å². The highest BCUT2D eigenvalue weighted by Crippen LogP contribution is 2.43. The number of phenolic OH excluding ortho intramolecular Hbond substituents is 1. The Balaban J connectivity index is 1.68. The van der Waals surface area contributed by atoms with Gasteiger partial charge in [-0.05, 0) is 68.5 Å². The normalized spacial score (nSPS) is 18.4. The largest absolute Gasteiger partial charge is 0.508 e. The average molecular weight is 432 g/mol. The molecule has 3 aromatic heterocycles. The van der Waals surface area contributed by atoms with Crippen molar-refractivity contribution in [1.82, 2.24) is 29.9 Å². The second-order valence-corrected chi connectivity index (χ2v) is 7.88. The molecule has 0 bridgehead atoms. The highest BCUT2D eigenvalue weighted by atomic mass is 32.1. The van der Waals surface area contributed by atoms with Gasteiger partial charge in [0.05, 0.1) is 17.8 Å². The number of aromatic hydroxyl groups is 1. The summed E-state index contributed by atoms with van der Waals surface area (Å²) in [7, 11) is 0. The van der Waals surface area contributed by atoms with E-state index >= 15 is 0 Å². The van der Waals surface area contributed by atoms with E-state index in [9.17, 15) is 5.11 Å². The Morgan fingerprint density at radius 1 is 1.03 bits per heavy atom. The first-order valence-corrected chi connectivity index (χ1v) is 10.3. The maximum absolute atomic E-state index is 9.77. The molecule has 8 nitrogen and oxygen atoms in total. The molecule has 1 aliphatic heterocycles. The lowest BCUT2D eigenvalue weighted by atomic mass is 9.96. The van der Waals surface area contributed by atoms with Crippen LogP contribution in [0.15, 0.2) is 67.4 Å². The molecule has 5 rings (SSSR count). The number of nitrogens with one attached hydrogen (secondary N) is 1. The van der Waals surface area contributed by atoms with E-state index in [4.69, 9.17) is 12.2 Å². The van der Waals surface area contributed by atoms with E-state index in [1.807, 2.05) is 35.0 Å². The fourth-order valence-corrected chi connectivity index (χ4v) is 4.64. The van der Waals surface area contributed by atoms with E-state index in [0.717, 1.165) is 28.3 Å². The van der Waals surface area contributed by atoms with Crippen molar-refractivity contribution in [3.8, 4) is 5.75 Å². The van der Waals surface area contributed by atoms with Gasteiger partial charge in [-0.25, -0.2) is 4.68 Å². The summed E-state index contributed by atoms with van der Waals surface area (Å²) in [4.78, 5) is 6.69. The number of aryl methyl sites for hydroxylation is 1. The minimum atomic E-state index is -0.141. The lowest BCUT2D eigenvalue weighted by molar-refractivity contribution is 0.475. The average Bonchev–Trinajstić information content (AvgIpc) is 3.47. The minimum Gasteiger partial charge on any atom is -0.508 e. The Kier molecular flexibility index (Phi) is 4.67.